The van der Waals surface area contributed by atoms with Crippen LogP contribution in [0.2, 0.25) is 0 Å². The third-order valence-electron chi connectivity index (χ3n) is 3.69. The molecule has 1 fully saturated rings. The summed E-state index contributed by atoms with van der Waals surface area (Å²) in [5.41, 5.74) is -0.378. The van der Waals surface area contributed by atoms with Gasteiger partial charge in [-0.1, -0.05) is 6.92 Å². The first-order chi connectivity index (χ1) is 7.52. The monoisotopic (exact) mass is 223 g/mol. The van der Waals surface area contributed by atoms with Gasteiger partial charge in [-0.2, -0.15) is 5.26 Å². The Morgan fingerprint density at radius 3 is 2.75 bits per heavy atom. The lowest BCUT2D eigenvalue weighted by Gasteiger charge is -2.33. The SMILES string of the molecule is CCNC(C)(C#N)CC(C)N1CCCC1C. The average molecular weight is 223 g/mol. The standard InChI is InChI=1S/C13H25N3/c1-5-15-13(4,10-14)9-12(3)16-8-6-7-11(16)2/h11-12,15H,5-9H2,1-4H3. The Hall–Kier alpha value is -0.590. The van der Waals surface area contributed by atoms with E-state index in [1.165, 1.54) is 19.4 Å². The van der Waals surface area contributed by atoms with Gasteiger partial charge in [0, 0.05) is 12.1 Å². The van der Waals surface area contributed by atoms with E-state index in [9.17, 15) is 5.26 Å². The molecule has 1 aliphatic rings. The predicted octanol–water partition coefficient (Wildman–Crippen LogP) is 2.14. The molecule has 3 heteroatoms. The molecule has 0 aromatic heterocycles. The minimum absolute atomic E-state index is 0.378. The number of hydrogen-bond donors (Lipinski definition) is 1. The fourth-order valence-corrected chi connectivity index (χ4v) is 2.87. The summed E-state index contributed by atoms with van der Waals surface area (Å²) in [6.07, 6.45) is 3.51. The van der Waals surface area contributed by atoms with Crippen molar-refractivity contribution in [3.8, 4) is 6.07 Å². The minimum atomic E-state index is -0.378. The number of nitrogens with zero attached hydrogens (tertiary/aromatic N) is 2. The van der Waals surface area contributed by atoms with Crippen LogP contribution in [0, 0.1) is 11.3 Å². The Morgan fingerprint density at radius 2 is 2.31 bits per heavy atom. The average Bonchev–Trinajstić information content (AvgIpc) is 2.65. The van der Waals surface area contributed by atoms with Gasteiger partial charge in [-0.25, -0.2) is 0 Å². The van der Waals surface area contributed by atoms with E-state index in [4.69, 9.17) is 0 Å². The lowest BCUT2D eigenvalue weighted by Crippen LogP contribution is -2.47. The van der Waals surface area contributed by atoms with E-state index in [1.54, 1.807) is 0 Å². The van der Waals surface area contributed by atoms with Crippen LogP contribution < -0.4 is 5.32 Å². The molecule has 16 heavy (non-hydrogen) atoms. The summed E-state index contributed by atoms with van der Waals surface area (Å²) in [7, 11) is 0. The van der Waals surface area contributed by atoms with Gasteiger partial charge in [0.25, 0.3) is 0 Å². The molecule has 0 spiro atoms. The maximum Gasteiger partial charge on any atom is 0.105 e. The van der Waals surface area contributed by atoms with Gasteiger partial charge in [0.15, 0.2) is 0 Å². The number of hydrogen-bond acceptors (Lipinski definition) is 3. The normalized spacial score (nSPS) is 27.3. The Kier molecular flexibility index (Phi) is 4.76. The first kappa shape index (κ1) is 13.5. The summed E-state index contributed by atoms with van der Waals surface area (Å²) in [5.74, 6) is 0. The molecule has 0 bridgehead atoms. The van der Waals surface area contributed by atoms with Crippen molar-refractivity contribution >= 4 is 0 Å². The van der Waals surface area contributed by atoms with Crippen molar-refractivity contribution in [1.29, 1.82) is 5.26 Å². The third kappa shape index (κ3) is 3.20. The zero-order valence-electron chi connectivity index (χ0n) is 11.1. The molecule has 3 nitrogen and oxygen atoms in total. The van der Waals surface area contributed by atoms with E-state index in [1.807, 2.05) is 6.92 Å². The second kappa shape index (κ2) is 5.65. The molecule has 1 heterocycles. The van der Waals surface area contributed by atoms with Crippen molar-refractivity contribution in [3.05, 3.63) is 0 Å². The van der Waals surface area contributed by atoms with Crippen molar-refractivity contribution in [2.75, 3.05) is 13.1 Å². The van der Waals surface area contributed by atoms with Crippen molar-refractivity contribution in [3.63, 3.8) is 0 Å². The highest BCUT2D eigenvalue weighted by Crippen LogP contribution is 2.24. The van der Waals surface area contributed by atoms with Crippen molar-refractivity contribution in [1.82, 2.24) is 10.2 Å². The van der Waals surface area contributed by atoms with Gasteiger partial charge in [-0.15, -0.1) is 0 Å². The molecule has 3 atom stereocenters. The fraction of sp³-hybridized carbons (Fsp3) is 0.923. The Morgan fingerprint density at radius 1 is 1.62 bits per heavy atom. The van der Waals surface area contributed by atoms with E-state index in [0.717, 1.165) is 13.0 Å². The van der Waals surface area contributed by atoms with Gasteiger partial charge in [0.2, 0.25) is 0 Å². The van der Waals surface area contributed by atoms with Gasteiger partial charge in [-0.3, -0.25) is 10.2 Å². The summed E-state index contributed by atoms with van der Waals surface area (Å²) < 4.78 is 0. The van der Waals surface area contributed by atoms with Gasteiger partial charge in [-0.05, 0) is 53.1 Å². The lowest BCUT2D eigenvalue weighted by atomic mass is 9.94. The number of rotatable bonds is 5. The molecule has 1 aliphatic heterocycles. The smallest absolute Gasteiger partial charge is 0.105 e. The predicted molar refractivity (Wildman–Crippen MR) is 67.2 cm³/mol. The number of nitriles is 1. The summed E-state index contributed by atoms with van der Waals surface area (Å²) in [5, 5.41) is 12.5. The zero-order valence-corrected chi connectivity index (χ0v) is 11.1. The molecule has 0 aliphatic carbocycles. The molecular weight excluding hydrogens is 198 g/mol. The zero-order chi connectivity index (χ0) is 12.2. The second-order valence-electron chi connectivity index (χ2n) is 5.26. The van der Waals surface area contributed by atoms with Crippen molar-refractivity contribution in [2.45, 2.75) is 64.6 Å². The van der Waals surface area contributed by atoms with Gasteiger partial charge in [0.05, 0.1) is 6.07 Å². The first-order valence-corrected chi connectivity index (χ1v) is 6.44. The Labute approximate surface area is 99.8 Å². The van der Waals surface area contributed by atoms with Gasteiger partial charge >= 0.3 is 0 Å². The van der Waals surface area contributed by atoms with E-state index in [2.05, 4.69) is 37.1 Å². The maximum absolute atomic E-state index is 9.24. The van der Waals surface area contributed by atoms with Crippen LogP contribution in [0.15, 0.2) is 0 Å². The Bertz CT molecular complexity index is 258. The van der Waals surface area contributed by atoms with E-state index in [0.29, 0.717) is 12.1 Å². The molecular formula is C13H25N3. The highest BCUT2D eigenvalue weighted by atomic mass is 15.2. The summed E-state index contributed by atoms with van der Waals surface area (Å²) in [6, 6.07) is 3.58. The number of likely N-dealkylation sites (tertiary alicyclic amines) is 1. The molecule has 1 saturated heterocycles. The van der Waals surface area contributed by atoms with Crippen LogP contribution in [0.25, 0.3) is 0 Å². The van der Waals surface area contributed by atoms with Gasteiger partial charge in [0.1, 0.15) is 5.54 Å². The number of nitrogens with one attached hydrogen (secondary N) is 1. The van der Waals surface area contributed by atoms with Crippen LogP contribution in [0.3, 0.4) is 0 Å². The molecule has 1 N–H and O–H groups in total. The van der Waals surface area contributed by atoms with Crippen molar-refractivity contribution < 1.29 is 0 Å². The van der Waals surface area contributed by atoms with Crippen LogP contribution in [0.5, 0.6) is 0 Å². The molecule has 0 amide bonds. The van der Waals surface area contributed by atoms with E-state index >= 15 is 0 Å². The highest BCUT2D eigenvalue weighted by molar-refractivity contribution is 5.05. The molecule has 0 aromatic rings. The van der Waals surface area contributed by atoms with Crippen molar-refractivity contribution in [2.24, 2.45) is 0 Å². The van der Waals surface area contributed by atoms with E-state index in [-0.39, 0.29) is 5.54 Å². The van der Waals surface area contributed by atoms with Crippen LogP contribution in [0.4, 0.5) is 0 Å². The largest absolute Gasteiger partial charge is 0.300 e. The molecule has 0 aromatic carbocycles. The van der Waals surface area contributed by atoms with Crippen LogP contribution in [0.1, 0.15) is 47.0 Å². The summed E-state index contributed by atoms with van der Waals surface area (Å²) in [6.45, 7) is 10.6. The van der Waals surface area contributed by atoms with E-state index < -0.39 is 0 Å². The highest BCUT2D eigenvalue weighted by Gasteiger charge is 2.31. The molecule has 0 saturated carbocycles. The minimum Gasteiger partial charge on any atom is -0.300 e. The fourth-order valence-electron chi connectivity index (χ4n) is 2.87. The third-order valence-corrected chi connectivity index (χ3v) is 3.69. The summed E-state index contributed by atoms with van der Waals surface area (Å²) in [4.78, 5) is 2.53. The molecule has 1 rings (SSSR count). The first-order valence-electron chi connectivity index (χ1n) is 6.44. The lowest BCUT2D eigenvalue weighted by molar-refractivity contribution is 0.171. The molecule has 0 radical (unpaired) electrons. The second-order valence-corrected chi connectivity index (χ2v) is 5.26. The molecule has 3 unspecified atom stereocenters. The Balaban J connectivity index is 2.55. The maximum atomic E-state index is 9.24. The van der Waals surface area contributed by atoms with Gasteiger partial charge < -0.3 is 0 Å². The van der Waals surface area contributed by atoms with Crippen LogP contribution >= 0.6 is 0 Å². The van der Waals surface area contributed by atoms with Crippen LogP contribution in [-0.4, -0.2) is 35.6 Å². The molecule has 92 valence electrons. The van der Waals surface area contributed by atoms with Crippen LogP contribution in [-0.2, 0) is 0 Å². The quantitative estimate of drug-likeness (QED) is 0.776. The summed E-state index contributed by atoms with van der Waals surface area (Å²) >= 11 is 0. The topological polar surface area (TPSA) is 39.1 Å².